The number of halogens is 2. The van der Waals surface area contributed by atoms with Gasteiger partial charge in [0.2, 0.25) is 0 Å². The van der Waals surface area contributed by atoms with Crippen LogP contribution in [-0.4, -0.2) is 31.6 Å². The van der Waals surface area contributed by atoms with Crippen LogP contribution in [-0.2, 0) is 16.0 Å². The first kappa shape index (κ1) is 20.4. The van der Waals surface area contributed by atoms with Crippen molar-refractivity contribution in [3.63, 3.8) is 0 Å². The molecule has 0 spiro atoms. The van der Waals surface area contributed by atoms with Crippen molar-refractivity contribution < 1.29 is 27.8 Å². The second kappa shape index (κ2) is 10.3. The number of rotatable bonds is 9. The lowest BCUT2D eigenvalue weighted by Gasteiger charge is -2.16. The largest absolute Gasteiger partial charge is 0.466 e. The van der Waals surface area contributed by atoms with E-state index < -0.39 is 24.4 Å². The Morgan fingerprint density at radius 2 is 1.81 bits per heavy atom. The first-order chi connectivity index (χ1) is 13.0. The molecule has 2 aromatic carbocycles. The van der Waals surface area contributed by atoms with Gasteiger partial charge < -0.3 is 14.8 Å². The van der Waals surface area contributed by atoms with Crippen LogP contribution in [0, 0.1) is 5.92 Å². The summed E-state index contributed by atoms with van der Waals surface area (Å²) in [4.78, 5) is 24.5. The van der Waals surface area contributed by atoms with E-state index in [1.54, 1.807) is 6.92 Å². The normalized spacial score (nSPS) is 11.7. The molecule has 0 bridgehead atoms. The van der Waals surface area contributed by atoms with Gasteiger partial charge >= 0.3 is 12.6 Å². The number of nitrogens with one attached hydrogen (secondary N) is 1. The van der Waals surface area contributed by atoms with Crippen LogP contribution < -0.4 is 10.1 Å². The number of hydrogen-bond donors (Lipinski definition) is 1. The monoisotopic (exact) mass is 377 g/mol. The lowest BCUT2D eigenvalue weighted by Crippen LogP contribution is -2.35. The first-order valence-corrected chi connectivity index (χ1v) is 8.53. The molecule has 0 radical (unpaired) electrons. The van der Waals surface area contributed by atoms with Crippen LogP contribution >= 0.6 is 0 Å². The summed E-state index contributed by atoms with van der Waals surface area (Å²) in [6.45, 7) is -0.954. The summed E-state index contributed by atoms with van der Waals surface area (Å²) in [5, 5.41) is 2.66. The number of ether oxygens (including phenoxy) is 2. The predicted octanol–water partition coefficient (Wildman–Crippen LogP) is 3.44. The van der Waals surface area contributed by atoms with Crippen molar-refractivity contribution in [1.29, 1.82) is 0 Å². The molecule has 27 heavy (non-hydrogen) atoms. The fourth-order valence-corrected chi connectivity index (χ4v) is 2.53. The van der Waals surface area contributed by atoms with Crippen LogP contribution in [0.1, 0.15) is 22.8 Å². The minimum atomic E-state index is -2.97. The smallest absolute Gasteiger partial charge is 0.387 e. The SMILES string of the molecule is CCOC(=O)C(CNC(=O)c1cccc(OC(F)F)c1)Cc1ccccc1. The molecular weight excluding hydrogens is 356 g/mol. The summed E-state index contributed by atoms with van der Waals surface area (Å²) in [5.41, 5.74) is 1.10. The number of hydrogen-bond acceptors (Lipinski definition) is 4. The van der Waals surface area contributed by atoms with Gasteiger partial charge in [-0.3, -0.25) is 9.59 Å². The summed E-state index contributed by atoms with van der Waals surface area (Å²) < 4.78 is 34.0. The maximum atomic E-state index is 12.3. The summed E-state index contributed by atoms with van der Waals surface area (Å²) in [6.07, 6.45) is 0.411. The number of amides is 1. The van der Waals surface area contributed by atoms with Crippen molar-refractivity contribution in [1.82, 2.24) is 5.32 Å². The zero-order valence-electron chi connectivity index (χ0n) is 14.9. The third-order valence-corrected chi connectivity index (χ3v) is 3.78. The summed E-state index contributed by atoms with van der Waals surface area (Å²) in [5.74, 6) is -1.56. The van der Waals surface area contributed by atoms with Crippen LogP contribution in [0.25, 0.3) is 0 Å². The Bertz CT molecular complexity index is 753. The lowest BCUT2D eigenvalue weighted by molar-refractivity contribution is -0.147. The van der Waals surface area contributed by atoms with Crippen molar-refractivity contribution in [3.8, 4) is 5.75 Å². The topological polar surface area (TPSA) is 64.6 Å². The fraction of sp³-hybridized carbons (Fsp3) is 0.300. The Morgan fingerprint density at radius 3 is 2.48 bits per heavy atom. The van der Waals surface area contributed by atoms with Gasteiger partial charge in [0.15, 0.2) is 0 Å². The van der Waals surface area contributed by atoms with Crippen molar-refractivity contribution in [2.75, 3.05) is 13.2 Å². The predicted molar refractivity (Wildman–Crippen MR) is 95.7 cm³/mol. The number of carbonyl (C=O) groups excluding carboxylic acids is 2. The van der Waals surface area contributed by atoms with Gasteiger partial charge in [0.1, 0.15) is 5.75 Å². The van der Waals surface area contributed by atoms with Gasteiger partial charge in [0.25, 0.3) is 5.91 Å². The summed E-state index contributed by atoms with van der Waals surface area (Å²) in [6, 6.07) is 14.9. The highest BCUT2D eigenvalue weighted by Gasteiger charge is 2.21. The molecule has 0 fully saturated rings. The molecule has 1 N–H and O–H groups in total. The van der Waals surface area contributed by atoms with Crippen LogP contribution in [0.2, 0.25) is 0 Å². The van der Waals surface area contributed by atoms with Gasteiger partial charge in [-0.1, -0.05) is 36.4 Å². The minimum Gasteiger partial charge on any atom is -0.466 e. The summed E-state index contributed by atoms with van der Waals surface area (Å²) in [7, 11) is 0. The second-order valence-corrected chi connectivity index (χ2v) is 5.76. The maximum Gasteiger partial charge on any atom is 0.387 e. The Balaban J connectivity index is 2.02. The highest BCUT2D eigenvalue weighted by molar-refractivity contribution is 5.94. The Hall–Kier alpha value is -2.96. The molecule has 5 nitrogen and oxygen atoms in total. The Labute approximate surface area is 156 Å². The molecule has 0 saturated carbocycles. The highest BCUT2D eigenvalue weighted by atomic mass is 19.3. The van der Waals surface area contributed by atoms with Crippen molar-refractivity contribution in [2.24, 2.45) is 5.92 Å². The average molecular weight is 377 g/mol. The van der Waals surface area contributed by atoms with Gasteiger partial charge in [0, 0.05) is 12.1 Å². The van der Waals surface area contributed by atoms with Crippen LogP contribution in [0.4, 0.5) is 8.78 Å². The van der Waals surface area contributed by atoms with E-state index in [1.165, 1.54) is 24.3 Å². The first-order valence-electron chi connectivity index (χ1n) is 8.53. The van der Waals surface area contributed by atoms with Gasteiger partial charge in [-0.2, -0.15) is 8.78 Å². The van der Waals surface area contributed by atoms with Crippen molar-refractivity contribution in [3.05, 3.63) is 65.7 Å². The van der Waals surface area contributed by atoms with E-state index in [0.717, 1.165) is 5.56 Å². The molecule has 7 heteroatoms. The third-order valence-electron chi connectivity index (χ3n) is 3.78. The molecule has 0 saturated heterocycles. The number of carbonyl (C=O) groups is 2. The van der Waals surface area contributed by atoms with Crippen LogP contribution in [0.5, 0.6) is 5.75 Å². The van der Waals surface area contributed by atoms with E-state index in [1.807, 2.05) is 30.3 Å². The van der Waals surface area contributed by atoms with Crippen molar-refractivity contribution >= 4 is 11.9 Å². The highest BCUT2D eigenvalue weighted by Crippen LogP contribution is 2.16. The summed E-state index contributed by atoms with van der Waals surface area (Å²) >= 11 is 0. The molecule has 0 aliphatic carbocycles. The van der Waals surface area contributed by atoms with Gasteiger partial charge in [-0.25, -0.2) is 0 Å². The zero-order chi connectivity index (χ0) is 19.6. The molecule has 144 valence electrons. The molecule has 0 aliphatic heterocycles. The molecule has 1 amide bonds. The molecule has 1 atom stereocenters. The standard InChI is InChI=1S/C20H21F2NO4/c1-2-26-19(25)16(11-14-7-4-3-5-8-14)13-23-18(24)15-9-6-10-17(12-15)27-20(21)22/h3-10,12,16,20H,2,11,13H2,1H3,(H,23,24). The zero-order valence-corrected chi connectivity index (χ0v) is 14.9. The Kier molecular flexibility index (Phi) is 7.73. The van der Waals surface area contributed by atoms with E-state index in [0.29, 0.717) is 6.42 Å². The maximum absolute atomic E-state index is 12.3. The van der Waals surface area contributed by atoms with E-state index >= 15 is 0 Å². The molecule has 0 heterocycles. The second-order valence-electron chi connectivity index (χ2n) is 5.76. The van der Waals surface area contributed by atoms with Crippen LogP contribution in [0.3, 0.4) is 0 Å². The van der Waals surface area contributed by atoms with E-state index in [9.17, 15) is 18.4 Å². The van der Waals surface area contributed by atoms with E-state index in [4.69, 9.17) is 4.74 Å². The lowest BCUT2D eigenvalue weighted by atomic mass is 9.99. The molecule has 0 aliphatic rings. The van der Waals surface area contributed by atoms with Gasteiger partial charge in [0.05, 0.1) is 12.5 Å². The number of benzene rings is 2. The molecule has 1 unspecified atom stereocenters. The number of alkyl halides is 2. The van der Waals surface area contributed by atoms with E-state index in [-0.39, 0.29) is 24.5 Å². The Morgan fingerprint density at radius 1 is 1.07 bits per heavy atom. The quantitative estimate of drug-likeness (QED) is 0.680. The van der Waals surface area contributed by atoms with Gasteiger partial charge in [-0.05, 0) is 37.1 Å². The molecule has 2 aromatic rings. The fourth-order valence-electron chi connectivity index (χ4n) is 2.53. The number of esters is 1. The van der Waals surface area contributed by atoms with Crippen molar-refractivity contribution in [2.45, 2.75) is 20.0 Å². The molecular formula is C20H21F2NO4. The molecule has 0 aromatic heterocycles. The average Bonchev–Trinajstić information content (AvgIpc) is 2.65. The van der Waals surface area contributed by atoms with Crippen LogP contribution in [0.15, 0.2) is 54.6 Å². The van der Waals surface area contributed by atoms with E-state index in [2.05, 4.69) is 10.1 Å². The molecule has 2 rings (SSSR count). The third kappa shape index (κ3) is 6.69. The minimum absolute atomic E-state index is 0.0620. The van der Waals surface area contributed by atoms with Gasteiger partial charge in [-0.15, -0.1) is 0 Å².